The Kier molecular flexibility index (Phi) is 34.6. The third-order valence-corrected chi connectivity index (χ3v) is 9.66. The second kappa shape index (κ2) is 37.6. The molecule has 0 saturated heterocycles. The molecule has 4 aromatic carbocycles. The maximum atomic E-state index is 10.9. The fourth-order valence-electron chi connectivity index (χ4n) is 5.64. The van der Waals surface area contributed by atoms with Gasteiger partial charge in [0.15, 0.2) is 0 Å². The summed E-state index contributed by atoms with van der Waals surface area (Å²) in [5.74, 6) is 1.49. The first kappa shape index (κ1) is 62.5. The van der Waals surface area contributed by atoms with E-state index in [-0.39, 0.29) is 45.7 Å². The number of phenols is 1. The number of unbranched alkanes of at least 4 members (excludes halogenated alkanes) is 6. The van der Waals surface area contributed by atoms with Crippen molar-refractivity contribution in [1.29, 1.82) is 10.5 Å². The lowest BCUT2D eigenvalue weighted by Crippen LogP contribution is -2.02. The van der Waals surface area contributed by atoms with Crippen LogP contribution < -0.4 is 14.2 Å². The first-order chi connectivity index (χ1) is 31.6. The van der Waals surface area contributed by atoms with E-state index in [4.69, 9.17) is 36.8 Å². The molecule has 0 unspecified atom stereocenters. The van der Waals surface area contributed by atoms with Gasteiger partial charge in [0.2, 0.25) is 11.4 Å². The second-order valence-electron chi connectivity index (χ2n) is 13.5. The number of methoxy groups -OCH3 is 2. The molecule has 1 N–H and O–H groups in total. The van der Waals surface area contributed by atoms with Gasteiger partial charge in [-0.05, 0) is 109 Å². The molecule has 0 aliphatic heterocycles. The molecule has 0 atom stereocenters. The van der Waals surface area contributed by atoms with Gasteiger partial charge in [0.25, 0.3) is 0 Å². The quantitative estimate of drug-likeness (QED) is 0.0153. The number of allylic oxidation sites excluding steroid dienone is 2. The van der Waals surface area contributed by atoms with E-state index < -0.39 is 0 Å². The number of aromatic hydroxyl groups is 1. The van der Waals surface area contributed by atoms with Crippen molar-refractivity contribution in [2.45, 2.75) is 73.6 Å². The van der Waals surface area contributed by atoms with E-state index in [9.17, 15) is 25.2 Å². The van der Waals surface area contributed by atoms with Crippen LogP contribution in [0.5, 0.6) is 23.0 Å². The molecule has 4 rings (SSSR count). The number of rotatable bonds is 22. The van der Waals surface area contributed by atoms with Gasteiger partial charge in [-0.15, -0.1) is 0 Å². The molecule has 0 saturated carbocycles. The van der Waals surface area contributed by atoms with Crippen LogP contribution in [-0.4, -0.2) is 56.4 Å². The number of nitrogens with zero attached hydrogens (tertiary/aromatic N) is 4. The normalized spacial score (nSPS) is 10.2. The lowest BCUT2D eigenvalue weighted by molar-refractivity contribution is -0.138. The summed E-state index contributed by atoms with van der Waals surface area (Å²) in [7, 11) is 3.14. The molecule has 0 spiro atoms. The van der Waals surface area contributed by atoms with Crippen molar-refractivity contribution in [2.75, 3.05) is 39.4 Å². The number of hydrogen-bond acceptors (Lipinski definition) is 10. The van der Waals surface area contributed by atoms with Crippen LogP contribution >= 0.6 is 15.9 Å². The fourth-order valence-corrected chi connectivity index (χ4v) is 6.04. The van der Waals surface area contributed by atoms with Crippen LogP contribution in [0.25, 0.3) is 32.2 Å². The van der Waals surface area contributed by atoms with Crippen LogP contribution in [0.1, 0.15) is 95.9 Å². The van der Waals surface area contributed by atoms with Gasteiger partial charge in [0, 0.05) is 17.5 Å². The van der Waals surface area contributed by atoms with Crippen LogP contribution in [0, 0.1) is 35.8 Å². The zero-order chi connectivity index (χ0) is 47.7. The third-order valence-electron chi connectivity index (χ3n) is 9.10. The van der Waals surface area contributed by atoms with Gasteiger partial charge in [0.05, 0.1) is 70.5 Å². The van der Waals surface area contributed by atoms with Crippen molar-refractivity contribution < 1.29 is 38.4 Å². The molecule has 0 aliphatic carbocycles. The van der Waals surface area contributed by atoms with E-state index in [2.05, 4.69) is 50.9 Å². The maximum absolute atomic E-state index is 10.9. The first-order valence-electron chi connectivity index (χ1n) is 20.6. The minimum Gasteiger partial charge on any atom is -0.508 e. The zero-order valence-corrected chi connectivity index (χ0v) is 38.3. The number of benzene rings is 4. The molecule has 0 bridgehead atoms. The lowest BCUT2D eigenvalue weighted by Gasteiger charge is -2.09. The molecule has 12 nitrogen and oxygen atoms in total. The molecule has 4 aromatic rings. The number of phenolic OH excluding ortho intramolecular Hbond substituents is 1. The first-order valence-corrected chi connectivity index (χ1v) is 21.7. The van der Waals surface area contributed by atoms with Gasteiger partial charge in [-0.25, -0.2) is 19.3 Å². The number of carbonyl (C=O) groups excluding carboxylic acids is 2. The Bertz CT molecular complexity index is 2350. The van der Waals surface area contributed by atoms with Crippen LogP contribution in [0.4, 0.5) is 0 Å². The fraction of sp³-hybridized carbons (Fsp3) is 0.309. The van der Waals surface area contributed by atoms with Crippen LogP contribution in [0.2, 0.25) is 0 Å². The standard InChI is InChI=1S/C26H26N2O4.C17H12N2O2.C9H15BrO2.3CH4/c1-4-25(29)32-18-8-6-5-7-17-31-23-15-11-21(12-16-23)26(28-2)24(19-27)20-9-13-22(30-3)14-10-20;1-19-17(13-3-7-14(20)8-4-13)16(11-18)12-5-9-15(21-2)10-6-12;1-2-9(11)12-8-6-4-3-5-7-10;;;/h4,9-16H,1,5-8,17-18H2,3H3;3-10,20H,2H3;2H,1,3-8H2;3*1H4/b26-24-;17-16-;;;;. The smallest absolute Gasteiger partial charge is 0.330 e. The van der Waals surface area contributed by atoms with Crippen molar-refractivity contribution in [1.82, 2.24) is 0 Å². The highest BCUT2D eigenvalue weighted by atomic mass is 79.9. The highest BCUT2D eigenvalue weighted by Gasteiger charge is 2.14. The van der Waals surface area contributed by atoms with E-state index in [1.165, 1.54) is 31.1 Å². The molecule has 0 amide bonds. The third kappa shape index (κ3) is 23.0. The summed E-state index contributed by atoms with van der Waals surface area (Å²) in [5.41, 5.74) is 3.72. The van der Waals surface area contributed by atoms with Gasteiger partial charge in [-0.2, -0.15) is 10.5 Å². The summed E-state index contributed by atoms with van der Waals surface area (Å²) in [6.07, 6.45) is 10.4. The van der Waals surface area contributed by atoms with E-state index in [0.29, 0.717) is 76.2 Å². The summed E-state index contributed by atoms with van der Waals surface area (Å²) in [6, 6.07) is 31.7. The largest absolute Gasteiger partial charge is 0.508 e. The molecule has 0 heterocycles. The Morgan fingerprint density at radius 1 is 0.574 bits per heavy atom. The van der Waals surface area contributed by atoms with Crippen molar-refractivity contribution in [3.63, 3.8) is 0 Å². The Morgan fingerprint density at radius 3 is 1.25 bits per heavy atom. The Balaban J connectivity index is 0. The zero-order valence-electron chi connectivity index (χ0n) is 36.8. The Labute approximate surface area is 413 Å². The van der Waals surface area contributed by atoms with Gasteiger partial charge >= 0.3 is 11.9 Å². The highest BCUT2D eigenvalue weighted by Crippen LogP contribution is 2.31. The molecule has 68 heavy (non-hydrogen) atoms. The number of carbonyl (C=O) groups is 2. The van der Waals surface area contributed by atoms with Gasteiger partial charge in [-0.1, -0.05) is 113 Å². The molecular weight excluding hydrogens is 925 g/mol. The minimum absolute atomic E-state index is 0. The average molecular weight is 990 g/mol. The Hall–Kier alpha value is -7.58. The summed E-state index contributed by atoms with van der Waals surface area (Å²) in [4.78, 5) is 28.6. The number of esters is 2. The van der Waals surface area contributed by atoms with E-state index >= 15 is 0 Å². The van der Waals surface area contributed by atoms with Crippen LogP contribution in [0.15, 0.2) is 122 Å². The molecule has 0 aromatic heterocycles. The van der Waals surface area contributed by atoms with E-state index in [0.717, 1.165) is 49.9 Å². The van der Waals surface area contributed by atoms with E-state index in [1.54, 1.807) is 99.1 Å². The average Bonchev–Trinajstić information content (AvgIpc) is 3.35. The highest BCUT2D eigenvalue weighted by molar-refractivity contribution is 9.09. The number of halogens is 1. The number of nitriles is 2. The number of hydrogen-bond donors (Lipinski definition) is 1. The monoisotopic (exact) mass is 988 g/mol. The summed E-state index contributed by atoms with van der Waals surface area (Å²) in [6.45, 7) is 23.1. The molecule has 0 radical (unpaired) electrons. The SMILES string of the molecule is C.C.C.C=CC(=O)OCCCCCCBr.[C-]#[N+]/C(=C(/C#N)c1ccc(OC)cc1)c1ccc(O)cc1.[C-]#[N+]/C(=C(/C#N)c1ccc(OC)cc1)c1ccc(OCCCCCCOC(=O)C=C)cc1. The topological polar surface area (TPSA) is 157 Å². The van der Waals surface area contributed by atoms with Crippen molar-refractivity contribution in [3.05, 3.63) is 167 Å². The van der Waals surface area contributed by atoms with Crippen LogP contribution in [-0.2, 0) is 19.1 Å². The van der Waals surface area contributed by atoms with E-state index in [1.807, 2.05) is 0 Å². The molecule has 360 valence electrons. The molecule has 0 fully saturated rings. The maximum Gasteiger partial charge on any atom is 0.330 e. The van der Waals surface area contributed by atoms with Gasteiger partial charge in [-0.3, -0.25) is 0 Å². The summed E-state index contributed by atoms with van der Waals surface area (Å²) >= 11 is 3.35. The predicted molar refractivity (Wildman–Crippen MR) is 277 cm³/mol. The van der Waals surface area contributed by atoms with Crippen molar-refractivity contribution in [3.8, 4) is 35.1 Å². The molecule has 13 heteroatoms. The van der Waals surface area contributed by atoms with Crippen molar-refractivity contribution >= 4 is 50.4 Å². The number of ether oxygens (including phenoxy) is 5. The molecule has 0 aliphatic rings. The van der Waals surface area contributed by atoms with Gasteiger partial charge < -0.3 is 28.8 Å². The van der Waals surface area contributed by atoms with Gasteiger partial charge in [0.1, 0.15) is 23.0 Å². The lowest BCUT2D eigenvalue weighted by atomic mass is 10.0. The second-order valence-corrected chi connectivity index (χ2v) is 14.3. The minimum atomic E-state index is -0.390. The Morgan fingerprint density at radius 2 is 0.912 bits per heavy atom. The summed E-state index contributed by atoms with van der Waals surface area (Å²) < 4.78 is 25.7. The summed E-state index contributed by atoms with van der Waals surface area (Å²) in [5, 5.41) is 29.4. The van der Waals surface area contributed by atoms with Crippen LogP contribution in [0.3, 0.4) is 0 Å². The molecular formula is C55H65BrN4O8. The predicted octanol–water partition coefficient (Wildman–Crippen LogP) is 14.0. The number of alkyl halides is 1. The van der Waals surface area contributed by atoms with Crippen molar-refractivity contribution in [2.24, 2.45) is 0 Å².